The van der Waals surface area contributed by atoms with Crippen LogP contribution < -0.4 is 4.90 Å². The zero-order valence-corrected chi connectivity index (χ0v) is 12.6. The van der Waals surface area contributed by atoms with E-state index in [1.54, 1.807) is 12.1 Å². The van der Waals surface area contributed by atoms with Crippen molar-refractivity contribution >= 4 is 17.6 Å². The van der Waals surface area contributed by atoms with Crippen LogP contribution in [0.3, 0.4) is 0 Å². The highest BCUT2D eigenvalue weighted by Gasteiger charge is 2.10. The molecule has 5 nitrogen and oxygen atoms in total. The third-order valence-corrected chi connectivity index (χ3v) is 3.23. The molecule has 0 aliphatic carbocycles. The molecule has 0 aliphatic heterocycles. The molecule has 0 bridgehead atoms. The van der Waals surface area contributed by atoms with Crippen LogP contribution in [0.15, 0.2) is 24.3 Å². The maximum Gasteiger partial charge on any atom is 0.307 e. The average molecular weight is 293 g/mol. The zero-order chi connectivity index (χ0) is 15.8. The highest BCUT2D eigenvalue weighted by molar-refractivity contribution is 5.70. The third kappa shape index (κ3) is 6.79. The lowest BCUT2D eigenvalue weighted by molar-refractivity contribution is -0.137. The fourth-order valence-corrected chi connectivity index (χ4v) is 2.01. The minimum absolute atomic E-state index is 0.00139. The first kappa shape index (κ1) is 17.0. The summed E-state index contributed by atoms with van der Waals surface area (Å²) in [6, 6.07) is 7.29. The molecule has 0 spiro atoms. The van der Waals surface area contributed by atoms with Gasteiger partial charge in [0.05, 0.1) is 12.8 Å². The lowest BCUT2D eigenvalue weighted by Crippen LogP contribution is -2.28. The minimum atomic E-state index is -0.856. The van der Waals surface area contributed by atoms with Crippen LogP contribution in [-0.4, -0.2) is 35.2 Å². The SMILES string of the molecule is CC(C)CCN(CCC(=O)O)c1ccc(CC(=O)O)cc1. The molecule has 0 saturated carbocycles. The molecule has 1 aromatic rings. The van der Waals surface area contributed by atoms with Gasteiger partial charge in [-0.2, -0.15) is 0 Å². The first-order valence-electron chi connectivity index (χ1n) is 7.16. The molecule has 0 heterocycles. The number of rotatable bonds is 9. The van der Waals surface area contributed by atoms with Gasteiger partial charge in [-0.15, -0.1) is 0 Å². The molecule has 0 unspecified atom stereocenters. The van der Waals surface area contributed by atoms with Gasteiger partial charge in [-0.3, -0.25) is 9.59 Å². The largest absolute Gasteiger partial charge is 0.481 e. The number of nitrogens with zero attached hydrogens (tertiary/aromatic N) is 1. The summed E-state index contributed by atoms with van der Waals surface area (Å²) in [4.78, 5) is 23.5. The van der Waals surface area contributed by atoms with E-state index in [9.17, 15) is 9.59 Å². The number of carbonyl (C=O) groups is 2. The van der Waals surface area contributed by atoms with E-state index in [2.05, 4.69) is 13.8 Å². The van der Waals surface area contributed by atoms with Crippen molar-refractivity contribution in [3.63, 3.8) is 0 Å². The zero-order valence-electron chi connectivity index (χ0n) is 12.6. The van der Waals surface area contributed by atoms with Crippen molar-refractivity contribution in [2.24, 2.45) is 5.92 Å². The van der Waals surface area contributed by atoms with E-state index in [-0.39, 0.29) is 12.8 Å². The van der Waals surface area contributed by atoms with Gasteiger partial charge in [0.15, 0.2) is 0 Å². The highest BCUT2D eigenvalue weighted by Crippen LogP contribution is 2.18. The van der Waals surface area contributed by atoms with Crippen LogP contribution in [0.1, 0.15) is 32.3 Å². The molecule has 0 saturated heterocycles. The minimum Gasteiger partial charge on any atom is -0.481 e. The molecule has 116 valence electrons. The van der Waals surface area contributed by atoms with E-state index >= 15 is 0 Å². The Hall–Kier alpha value is -2.04. The second-order valence-electron chi connectivity index (χ2n) is 5.55. The second kappa shape index (κ2) is 8.29. The van der Waals surface area contributed by atoms with E-state index in [4.69, 9.17) is 10.2 Å². The topological polar surface area (TPSA) is 77.8 Å². The quantitative estimate of drug-likeness (QED) is 0.732. The summed E-state index contributed by atoms with van der Waals surface area (Å²) in [6.07, 6.45) is 1.08. The van der Waals surface area contributed by atoms with Crippen molar-refractivity contribution in [3.8, 4) is 0 Å². The van der Waals surface area contributed by atoms with Gasteiger partial charge in [-0.25, -0.2) is 0 Å². The molecule has 1 aromatic carbocycles. The van der Waals surface area contributed by atoms with Gasteiger partial charge in [-0.1, -0.05) is 26.0 Å². The molecule has 0 aliphatic rings. The number of hydrogen-bond acceptors (Lipinski definition) is 3. The standard InChI is InChI=1S/C16H23NO4/c1-12(2)7-9-17(10-8-15(18)19)14-5-3-13(4-6-14)11-16(20)21/h3-6,12H,7-11H2,1-2H3,(H,18,19)(H,20,21). The smallest absolute Gasteiger partial charge is 0.307 e. The van der Waals surface area contributed by atoms with E-state index in [0.717, 1.165) is 24.2 Å². The summed E-state index contributed by atoms with van der Waals surface area (Å²) in [5, 5.41) is 17.6. The van der Waals surface area contributed by atoms with Crippen LogP contribution in [0.4, 0.5) is 5.69 Å². The van der Waals surface area contributed by atoms with Crippen molar-refractivity contribution < 1.29 is 19.8 Å². The fraction of sp³-hybridized carbons (Fsp3) is 0.500. The van der Waals surface area contributed by atoms with Gasteiger partial charge in [0, 0.05) is 18.8 Å². The maximum absolute atomic E-state index is 10.8. The van der Waals surface area contributed by atoms with Crippen LogP contribution in [0.2, 0.25) is 0 Å². The first-order valence-corrected chi connectivity index (χ1v) is 7.16. The van der Waals surface area contributed by atoms with E-state index in [1.165, 1.54) is 0 Å². The summed E-state index contributed by atoms with van der Waals surface area (Å²) in [7, 11) is 0. The molecule has 21 heavy (non-hydrogen) atoms. The molecule has 1 rings (SSSR count). The fourth-order valence-electron chi connectivity index (χ4n) is 2.01. The Morgan fingerprint density at radius 1 is 1.05 bits per heavy atom. The Labute approximate surface area is 125 Å². The summed E-state index contributed by atoms with van der Waals surface area (Å²) in [6.45, 7) is 5.51. The summed E-state index contributed by atoms with van der Waals surface area (Å²) < 4.78 is 0. The number of aliphatic carboxylic acids is 2. The van der Waals surface area contributed by atoms with Gasteiger partial charge >= 0.3 is 11.9 Å². The van der Waals surface area contributed by atoms with Crippen LogP contribution in [0.25, 0.3) is 0 Å². The normalized spacial score (nSPS) is 10.6. The summed E-state index contributed by atoms with van der Waals surface area (Å²) in [5.74, 6) is -1.12. The molecule has 0 aromatic heterocycles. The number of hydrogen-bond donors (Lipinski definition) is 2. The van der Waals surface area contributed by atoms with Gasteiger partial charge < -0.3 is 15.1 Å². The van der Waals surface area contributed by atoms with Gasteiger partial charge in [0.2, 0.25) is 0 Å². The molecule has 2 N–H and O–H groups in total. The van der Waals surface area contributed by atoms with Gasteiger partial charge in [0.1, 0.15) is 0 Å². The summed E-state index contributed by atoms with van der Waals surface area (Å²) in [5.41, 5.74) is 1.68. The average Bonchev–Trinajstić information content (AvgIpc) is 2.39. The van der Waals surface area contributed by atoms with Crippen molar-refractivity contribution in [2.75, 3.05) is 18.0 Å². The number of carboxylic acids is 2. The predicted molar refractivity (Wildman–Crippen MR) is 81.7 cm³/mol. The van der Waals surface area contributed by atoms with Crippen LogP contribution in [-0.2, 0) is 16.0 Å². The first-order chi connectivity index (χ1) is 9.88. The molecule has 0 fully saturated rings. The highest BCUT2D eigenvalue weighted by atomic mass is 16.4. The predicted octanol–water partition coefficient (Wildman–Crippen LogP) is 2.64. The maximum atomic E-state index is 10.8. The van der Waals surface area contributed by atoms with Crippen molar-refractivity contribution in [3.05, 3.63) is 29.8 Å². The van der Waals surface area contributed by atoms with Crippen LogP contribution >= 0.6 is 0 Å². The number of anilines is 1. The van der Waals surface area contributed by atoms with Gasteiger partial charge in [0.25, 0.3) is 0 Å². The Kier molecular flexibility index (Phi) is 6.72. The third-order valence-electron chi connectivity index (χ3n) is 3.23. The van der Waals surface area contributed by atoms with Crippen molar-refractivity contribution in [1.82, 2.24) is 0 Å². The summed E-state index contributed by atoms with van der Waals surface area (Å²) >= 11 is 0. The van der Waals surface area contributed by atoms with E-state index in [0.29, 0.717) is 12.5 Å². The monoisotopic (exact) mass is 293 g/mol. The molecule has 5 heteroatoms. The second-order valence-corrected chi connectivity index (χ2v) is 5.55. The molecule has 0 atom stereocenters. The van der Waals surface area contributed by atoms with Gasteiger partial charge in [-0.05, 0) is 30.0 Å². The number of carboxylic acid groups (broad SMARTS) is 2. The lowest BCUT2D eigenvalue weighted by Gasteiger charge is -2.25. The molecule has 0 radical (unpaired) electrons. The van der Waals surface area contributed by atoms with Crippen molar-refractivity contribution in [2.45, 2.75) is 33.1 Å². The number of benzene rings is 1. The Balaban J connectivity index is 2.75. The lowest BCUT2D eigenvalue weighted by atomic mass is 10.1. The molecular weight excluding hydrogens is 270 g/mol. The molecular formula is C16H23NO4. The van der Waals surface area contributed by atoms with Crippen molar-refractivity contribution in [1.29, 1.82) is 0 Å². The molecule has 0 amide bonds. The van der Waals surface area contributed by atoms with Crippen LogP contribution in [0, 0.1) is 5.92 Å². The van der Waals surface area contributed by atoms with E-state index < -0.39 is 11.9 Å². The van der Waals surface area contributed by atoms with E-state index in [1.807, 2.05) is 17.0 Å². The Bertz CT molecular complexity index is 468. The van der Waals surface area contributed by atoms with Crippen LogP contribution in [0.5, 0.6) is 0 Å². The Morgan fingerprint density at radius 2 is 1.67 bits per heavy atom. The Morgan fingerprint density at radius 3 is 2.14 bits per heavy atom.